The van der Waals surface area contributed by atoms with Crippen LogP contribution in [0.5, 0.6) is 0 Å². The van der Waals surface area contributed by atoms with Gasteiger partial charge in [-0.2, -0.15) is 0 Å². The zero-order valence-corrected chi connectivity index (χ0v) is 23.3. The molecule has 1 aromatic rings. The molecule has 5 nitrogen and oxygen atoms in total. The first-order valence-electron chi connectivity index (χ1n) is 15.4. The van der Waals surface area contributed by atoms with Gasteiger partial charge in [0.15, 0.2) is 5.79 Å². The molecule has 5 unspecified atom stereocenters. The zero-order chi connectivity index (χ0) is 26.1. The summed E-state index contributed by atoms with van der Waals surface area (Å²) in [5, 5.41) is 12.1. The zero-order valence-electron chi connectivity index (χ0n) is 23.3. The van der Waals surface area contributed by atoms with Gasteiger partial charge in [0, 0.05) is 49.4 Å². The molecule has 38 heavy (non-hydrogen) atoms. The molecule has 1 saturated heterocycles. The van der Waals surface area contributed by atoms with Crippen molar-refractivity contribution in [3.63, 3.8) is 0 Å². The molecule has 0 bridgehead atoms. The molecule has 206 valence electrons. The number of benzene rings is 1. The summed E-state index contributed by atoms with van der Waals surface area (Å²) in [5.74, 6) is 0.841. The van der Waals surface area contributed by atoms with Gasteiger partial charge in [-0.15, -0.1) is 0 Å². The number of aliphatic hydroxyl groups is 1. The summed E-state index contributed by atoms with van der Waals surface area (Å²) in [6, 6.07) is 9.90. The fourth-order valence-corrected chi connectivity index (χ4v) is 9.70. The van der Waals surface area contributed by atoms with Crippen molar-refractivity contribution >= 4 is 11.5 Å². The van der Waals surface area contributed by atoms with E-state index >= 15 is 0 Å². The number of allylic oxidation sites excluding steroid dienone is 1. The molecule has 1 aromatic carbocycles. The average molecular weight is 520 g/mol. The Labute approximate surface area is 228 Å². The first-order valence-corrected chi connectivity index (χ1v) is 15.4. The number of carbonyl (C=O) groups excluding carboxylic acids is 1. The van der Waals surface area contributed by atoms with Gasteiger partial charge < -0.3 is 19.5 Å². The fourth-order valence-electron chi connectivity index (χ4n) is 9.70. The molecule has 5 fully saturated rings. The van der Waals surface area contributed by atoms with Crippen LogP contribution in [-0.4, -0.2) is 48.6 Å². The van der Waals surface area contributed by atoms with E-state index in [2.05, 4.69) is 43.1 Å². The molecule has 0 aromatic heterocycles. The van der Waals surface area contributed by atoms with Crippen LogP contribution in [0.15, 0.2) is 35.4 Å². The topological polar surface area (TPSA) is 59.0 Å². The van der Waals surface area contributed by atoms with Crippen LogP contribution in [0.25, 0.3) is 0 Å². The van der Waals surface area contributed by atoms with E-state index in [0.717, 1.165) is 38.5 Å². The Morgan fingerprint density at radius 3 is 2.42 bits per heavy atom. The molecule has 1 heterocycles. The van der Waals surface area contributed by atoms with Crippen LogP contribution < -0.4 is 4.90 Å². The highest BCUT2D eigenvalue weighted by atomic mass is 16.7. The standard InChI is InChI=1S/C33H45NO4/c1-31-20-26(22-8-10-24(11-9-22)34(2)23-6-4-3-5-7-23)30-25(27(31)12-13-29(31)35)14-16-32(36)21-33(17-15-28(30)32)37-18-19-38-33/h8-11,23,25-27,36H,3-7,12-21H2,1-2H3. The van der Waals surface area contributed by atoms with Crippen LogP contribution in [0, 0.1) is 17.3 Å². The molecule has 5 heteroatoms. The third kappa shape index (κ3) is 3.86. The molecule has 0 radical (unpaired) electrons. The Bertz CT molecular complexity index is 1110. The Balaban J connectivity index is 1.26. The summed E-state index contributed by atoms with van der Waals surface area (Å²) in [6.45, 7) is 3.50. The minimum atomic E-state index is -0.857. The highest BCUT2D eigenvalue weighted by Gasteiger charge is 2.60. The summed E-state index contributed by atoms with van der Waals surface area (Å²) in [5.41, 5.74) is 4.23. The smallest absolute Gasteiger partial charge is 0.171 e. The Kier molecular flexibility index (Phi) is 6.11. The summed E-state index contributed by atoms with van der Waals surface area (Å²) >= 11 is 0. The molecule has 1 aliphatic heterocycles. The number of hydrogen-bond donors (Lipinski definition) is 1. The molecule has 4 saturated carbocycles. The van der Waals surface area contributed by atoms with E-state index in [1.807, 2.05) is 0 Å². The second kappa shape index (κ2) is 9.17. The lowest BCUT2D eigenvalue weighted by atomic mass is 9.51. The number of nitrogens with zero attached hydrogens (tertiary/aromatic N) is 1. The number of carbonyl (C=O) groups is 1. The van der Waals surface area contributed by atoms with Gasteiger partial charge in [0.25, 0.3) is 0 Å². The predicted octanol–water partition coefficient (Wildman–Crippen LogP) is 6.29. The summed E-state index contributed by atoms with van der Waals surface area (Å²) in [7, 11) is 2.25. The first kappa shape index (κ1) is 25.3. The molecular formula is C33H45NO4. The maximum Gasteiger partial charge on any atom is 0.171 e. The van der Waals surface area contributed by atoms with Crippen molar-refractivity contribution < 1.29 is 19.4 Å². The van der Waals surface area contributed by atoms with Crippen LogP contribution in [0.1, 0.15) is 102 Å². The Hall–Kier alpha value is -1.69. The third-order valence-corrected chi connectivity index (χ3v) is 11.8. The predicted molar refractivity (Wildman–Crippen MR) is 148 cm³/mol. The minimum Gasteiger partial charge on any atom is -0.385 e. The highest BCUT2D eigenvalue weighted by molar-refractivity contribution is 5.87. The van der Waals surface area contributed by atoms with Gasteiger partial charge in [-0.05, 0) is 80.1 Å². The second-order valence-corrected chi connectivity index (χ2v) is 13.6. The second-order valence-electron chi connectivity index (χ2n) is 13.6. The van der Waals surface area contributed by atoms with E-state index in [0.29, 0.717) is 49.7 Å². The lowest BCUT2D eigenvalue weighted by Crippen LogP contribution is -2.53. The number of hydrogen-bond acceptors (Lipinski definition) is 5. The third-order valence-electron chi connectivity index (χ3n) is 11.8. The van der Waals surface area contributed by atoms with Crippen molar-refractivity contribution in [1.82, 2.24) is 0 Å². The van der Waals surface area contributed by atoms with E-state index in [1.165, 1.54) is 54.5 Å². The number of ketones is 1. The molecule has 7 rings (SSSR count). The summed E-state index contributed by atoms with van der Waals surface area (Å²) < 4.78 is 12.1. The van der Waals surface area contributed by atoms with Crippen LogP contribution in [0.2, 0.25) is 0 Å². The molecule has 1 N–H and O–H groups in total. The van der Waals surface area contributed by atoms with Gasteiger partial charge in [0.05, 0.1) is 18.8 Å². The lowest BCUT2D eigenvalue weighted by molar-refractivity contribution is -0.208. The van der Waals surface area contributed by atoms with Crippen LogP contribution in [-0.2, 0) is 14.3 Å². The maximum absolute atomic E-state index is 13.3. The van der Waals surface area contributed by atoms with E-state index in [-0.39, 0.29) is 11.3 Å². The monoisotopic (exact) mass is 519 g/mol. The van der Waals surface area contributed by atoms with Crippen molar-refractivity contribution in [2.24, 2.45) is 17.3 Å². The SMILES string of the molecule is CN(c1ccc(C2CC3(C)C(=O)CCC3C3CCC4(O)CC5(CCC4=C23)OCCO5)cc1)C1CCCCC1. The average Bonchev–Trinajstić information content (AvgIpc) is 3.51. The van der Waals surface area contributed by atoms with Crippen molar-refractivity contribution in [2.75, 3.05) is 25.2 Å². The molecule has 1 spiro atoms. The van der Waals surface area contributed by atoms with Gasteiger partial charge >= 0.3 is 0 Å². The van der Waals surface area contributed by atoms with Gasteiger partial charge in [0.2, 0.25) is 0 Å². The van der Waals surface area contributed by atoms with Crippen molar-refractivity contribution in [3.8, 4) is 0 Å². The molecule has 5 aliphatic carbocycles. The van der Waals surface area contributed by atoms with E-state index in [4.69, 9.17) is 9.47 Å². The summed E-state index contributed by atoms with van der Waals surface area (Å²) in [4.78, 5) is 15.8. The maximum atomic E-state index is 13.3. The van der Waals surface area contributed by atoms with Crippen LogP contribution >= 0.6 is 0 Å². The van der Waals surface area contributed by atoms with E-state index < -0.39 is 11.4 Å². The largest absolute Gasteiger partial charge is 0.385 e. The molecule has 0 amide bonds. The highest BCUT2D eigenvalue weighted by Crippen LogP contribution is 2.64. The quantitative estimate of drug-likeness (QED) is 0.476. The van der Waals surface area contributed by atoms with E-state index in [9.17, 15) is 9.90 Å². The van der Waals surface area contributed by atoms with Gasteiger partial charge in [-0.1, -0.05) is 43.9 Å². The number of anilines is 1. The normalized spacial score (nSPS) is 38.7. The molecule has 6 aliphatic rings. The summed E-state index contributed by atoms with van der Waals surface area (Å²) in [6.07, 6.45) is 13.1. The number of Topliss-reactive ketones (excluding diaryl/α,β-unsaturated/α-hetero) is 1. The Morgan fingerprint density at radius 2 is 1.68 bits per heavy atom. The van der Waals surface area contributed by atoms with Gasteiger partial charge in [0.1, 0.15) is 5.78 Å². The van der Waals surface area contributed by atoms with Crippen LogP contribution in [0.4, 0.5) is 5.69 Å². The lowest BCUT2D eigenvalue weighted by Gasteiger charge is -2.55. The number of fused-ring (bicyclic) bond motifs is 4. The van der Waals surface area contributed by atoms with E-state index in [1.54, 1.807) is 0 Å². The van der Waals surface area contributed by atoms with Gasteiger partial charge in [-0.25, -0.2) is 0 Å². The Morgan fingerprint density at radius 1 is 0.947 bits per heavy atom. The van der Waals surface area contributed by atoms with Crippen molar-refractivity contribution in [3.05, 3.63) is 41.0 Å². The van der Waals surface area contributed by atoms with Gasteiger partial charge in [-0.3, -0.25) is 4.79 Å². The number of ether oxygens (including phenoxy) is 2. The van der Waals surface area contributed by atoms with Crippen molar-refractivity contribution in [2.45, 2.75) is 114 Å². The number of rotatable bonds is 3. The fraction of sp³-hybridized carbons (Fsp3) is 0.727. The minimum absolute atomic E-state index is 0.193. The first-order chi connectivity index (χ1) is 18.3. The molecule has 5 atom stereocenters. The molecular weight excluding hydrogens is 474 g/mol. The van der Waals surface area contributed by atoms with Crippen molar-refractivity contribution in [1.29, 1.82) is 0 Å². The van der Waals surface area contributed by atoms with Crippen LogP contribution in [0.3, 0.4) is 0 Å².